The summed E-state index contributed by atoms with van der Waals surface area (Å²) in [5, 5.41) is 20.7. The molecule has 0 fully saturated rings. The van der Waals surface area contributed by atoms with Crippen LogP contribution in [0.5, 0.6) is 0 Å². The van der Waals surface area contributed by atoms with Crippen LogP contribution in [0.15, 0.2) is 60.7 Å². The first-order valence-electron chi connectivity index (χ1n) is 6.63. The van der Waals surface area contributed by atoms with Gasteiger partial charge >= 0.3 is 0 Å². The molecule has 0 aliphatic heterocycles. The predicted octanol–water partition coefficient (Wildman–Crippen LogP) is 2.89. The van der Waals surface area contributed by atoms with Crippen molar-refractivity contribution in [2.24, 2.45) is 0 Å². The molecule has 100 valence electrons. The monoisotopic (exact) mass is 256 g/mol. The standard InChI is InChI=1S/C17H20O2/c1-14(18)17(19,16-10-6-3-7-11-16)13-12-15-8-4-2-5-9-15/h2-11,14,18-19H,12-13H2,1H3/t14-,17?/m0/s1. The molecule has 0 bridgehead atoms. The third-order valence-corrected chi connectivity index (χ3v) is 3.60. The first-order chi connectivity index (χ1) is 9.13. The molecule has 2 atom stereocenters. The molecule has 2 aromatic rings. The second kappa shape index (κ2) is 6.00. The lowest BCUT2D eigenvalue weighted by Gasteiger charge is -2.31. The Morgan fingerprint density at radius 3 is 2.00 bits per heavy atom. The van der Waals surface area contributed by atoms with E-state index in [0.717, 1.165) is 17.5 Å². The van der Waals surface area contributed by atoms with E-state index in [4.69, 9.17) is 0 Å². The number of aliphatic hydroxyl groups is 2. The average Bonchev–Trinajstić information content (AvgIpc) is 2.46. The molecular formula is C17H20O2. The number of hydrogen-bond acceptors (Lipinski definition) is 2. The Morgan fingerprint density at radius 2 is 1.47 bits per heavy atom. The molecule has 0 saturated carbocycles. The molecular weight excluding hydrogens is 236 g/mol. The van der Waals surface area contributed by atoms with Crippen LogP contribution in [0.4, 0.5) is 0 Å². The summed E-state index contributed by atoms with van der Waals surface area (Å²) in [6.07, 6.45) is 0.425. The highest BCUT2D eigenvalue weighted by Gasteiger charge is 2.34. The van der Waals surface area contributed by atoms with E-state index in [2.05, 4.69) is 0 Å². The van der Waals surface area contributed by atoms with Crippen molar-refractivity contribution in [1.29, 1.82) is 0 Å². The zero-order chi connectivity index (χ0) is 13.7. The van der Waals surface area contributed by atoms with E-state index in [1.807, 2.05) is 60.7 Å². The normalized spacial score (nSPS) is 15.7. The molecule has 2 heteroatoms. The molecule has 0 aliphatic rings. The fourth-order valence-electron chi connectivity index (χ4n) is 2.30. The molecule has 2 aromatic carbocycles. The zero-order valence-electron chi connectivity index (χ0n) is 11.2. The van der Waals surface area contributed by atoms with Crippen molar-refractivity contribution in [2.75, 3.05) is 0 Å². The fourth-order valence-corrected chi connectivity index (χ4v) is 2.30. The summed E-state index contributed by atoms with van der Waals surface area (Å²) in [6, 6.07) is 19.4. The van der Waals surface area contributed by atoms with Gasteiger partial charge in [-0.25, -0.2) is 0 Å². The molecule has 0 aromatic heterocycles. The minimum atomic E-state index is -1.20. The van der Waals surface area contributed by atoms with Crippen molar-refractivity contribution in [2.45, 2.75) is 31.5 Å². The first kappa shape index (κ1) is 13.8. The van der Waals surface area contributed by atoms with Crippen LogP contribution in [0.25, 0.3) is 0 Å². The maximum atomic E-state index is 10.8. The molecule has 2 N–H and O–H groups in total. The molecule has 0 radical (unpaired) electrons. The molecule has 0 aliphatic carbocycles. The second-order valence-electron chi connectivity index (χ2n) is 4.95. The zero-order valence-corrected chi connectivity index (χ0v) is 11.2. The number of benzene rings is 2. The van der Waals surface area contributed by atoms with E-state index in [1.54, 1.807) is 6.92 Å². The van der Waals surface area contributed by atoms with Gasteiger partial charge in [-0.15, -0.1) is 0 Å². The summed E-state index contributed by atoms with van der Waals surface area (Å²) in [6.45, 7) is 1.64. The van der Waals surface area contributed by atoms with Crippen LogP contribution in [0.2, 0.25) is 0 Å². The highest BCUT2D eigenvalue weighted by molar-refractivity contribution is 5.24. The van der Waals surface area contributed by atoms with Gasteiger partial charge in [0.25, 0.3) is 0 Å². The van der Waals surface area contributed by atoms with Crippen LogP contribution in [0.3, 0.4) is 0 Å². The highest BCUT2D eigenvalue weighted by Crippen LogP contribution is 2.30. The Hall–Kier alpha value is -1.64. The van der Waals surface area contributed by atoms with Gasteiger partial charge < -0.3 is 10.2 Å². The van der Waals surface area contributed by atoms with Crippen LogP contribution < -0.4 is 0 Å². The fraction of sp³-hybridized carbons (Fsp3) is 0.294. The summed E-state index contributed by atoms with van der Waals surface area (Å²) in [5.74, 6) is 0. The molecule has 19 heavy (non-hydrogen) atoms. The van der Waals surface area contributed by atoms with Gasteiger partial charge in [0, 0.05) is 0 Å². The van der Waals surface area contributed by atoms with Crippen LogP contribution in [-0.2, 0) is 12.0 Å². The quantitative estimate of drug-likeness (QED) is 0.863. The molecule has 0 heterocycles. The topological polar surface area (TPSA) is 40.5 Å². The van der Waals surface area contributed by atoms with Crippen LogP contribution in [-0.4, -0.2) is 16.3 Å². The largest absolute Gasteiger partial charge is 0.390 e. The second-order valence-corrected chi connectivity index (χ2v) is 4.95. The van der Waals surface area contributed by atoms with Crippen molar-refractivity contribution in [1.82, 2.24) is 0 Å². The van der Waals surface area contributed by atoms with E-state index in [1.165, 1.54) is 0 Å². The Morgan fingerprint density at radius 1 is 0.947 bits per heavy atom. The number of aliphatic hydroxyl groups excluding tert-OH is 1. The van der Waals surface area contributed by atoms with Gasteiger partial charge in [0.15, 0.2) is 0 Å². The Balaban J connectivity index is 2.17. The summed E-state index contributed by atoms with van der Waals surface area (Å²) in [7, 11) is 0. The van der Waals surface area contributed by atoms with Gasteiger partial charge in [-0.05, 0) is 30.9 Å². The summed E-state index contributed by atoms with van der Waals surface area (Å²) in [4.78, 5) is 0. The van der Waals surface area contributed by atoms with Gasteiger partial charge in [-0.2, -0.15) is 0 Å². The summed E-state index contributed by atoms with van der Waals surface area (Å²) < 4.78 is 0. The Bertz CT molecular complexity index is 493. The minimum absolute atomic E-state index is 0.499. The SMILES string of the molecule is C[C@H](O)C(O)(CCc1ccccc1)c1ccccc1. The number of hydrogen-bond donors (Lipinski definition) is 2. The van der Waals surface area contributed by atoms with Gasteiger partial charge in [0.2, 0.25) is 0 Å². The Labute approximate surface area is 114 Å². The Kier molecular flexibility index (Phi) is 4.35. The van der Waals surface area contributed by atoms with Crippen LogP contribution >= 0.6 is 0 Å². The number of aryl methyl sites for hydroxylation is 1. The molecule has 0 saturated heterocycles. The molecule has 0 amide bonds. The van der Waals surface area contributed by atoms with Gasteiger partial charge in [-0.1, -0.05) is 60.7 Å². The van der Waals surface area contributed by atoms with Gasteiger partial charge in [-0.3, -0.25) is 0 Å². The maximum Gasteiger partial charge on any atom is 0.115 e. The van der Waals surface area contributed by atoms with Crippen LogP contribution in [0, 0.1) is 0 Å². The van der Waals surface area contributed by atoms with Gasteiger partial charge in [0.05, 0.1) is 6.10 Å². The summed E-state index contributed by atoms with van der Waals surface area (Å²) >= 11 is 0. The van der Waals surface area contributed by atoms with Crippen molar-refractivity contribution >= 4 is 0 Å². The smallest absolute Gasteiger partial charge is 0.115 e. The van der Waals surface area contributed by atoms with Gasteiger partial charge in [0.1, 0.15) is 5.60 Å². The third-order valence-electron chi connectivity index (χ3n) is 3.60. The lowest BCUT2D eigenvalue weighted by molar-refractivity contribution is -0.0771. The molecule has 2 rings (SSSR count). The lowest BCUT2D eigenvalue weighted by atomic mass is 9.83. The number of rotatable bonds is 5. The first-order valence-corrected chi connectivity index (χ1v) is 6.63. The van der Waals surface area contributed by atoms with Crippen molar-refractivity contribution in [3.8, 4) is 0 Å². The molecule has 2 nitrogen and oxygen atoms in total. The van der Waals surface area contributed by atoms with E-state index in [0.29, 0.717) is 6.42 Å². The van der Waals surface area contributed by atoms with E-state index < -0.39 is 11.7 Å². The van der Waals surface area contributed by atoms with Crippen molar-refractivity contribution in [3.63, 3.8) is 0 Å². The highest BCUT2D eigenvalue weighted by atomic mass is 16.3. The maximum absolute atomic E-state index is 10.8. The van der Waals surface area contributed by atoms with Crippen LogP contribution in [0.1, 0.15) is 24.5 Å². The minimum Gasteiger partial charge on any atom is -0.390 e. The van der Waals surface area contributed by atoms with Crippen molar-refractivity contribution in [3.05, 3.63) is 71.8 Å². The average molecular weight is 256 g/mol. The van der Waals surface area contributed by atoms with E-state index >= 15 is 0 Å². The molecule has 1 unspecified atom stereocenters. The van der Waals surface area contributed by atoms with E-state index in [9.17, 15) is 10.2 Å². The van der Waals surface area contributed by atoms with E-state index in [-0.39, 0.29) is 0 Å². The summed E-state index contributed by atoms with van der Waals surface area (Å²) in [5.41, 5.74) is 0.732. The predicted molar refractivity (Wildman–Crippen MR) is 76.8 cm³/mol. The third kappa shape index (κ3) is 3.22. The van der Waals surface area contributed by atoms with Crippen molar-refractivity contribution < 1.29 is 10.2 Å². The lowest BCUT2D eigenvalue weighted by Crippen LogP contribution is -2.38. The molecule has 0 spiro atoms.